The van der Waals surface area contributed by atoms with E-state index in [-0.39, 0.29) is 29.6 Å². The minimum Gasteiger partial charge on any atom is -0.388 e. The predicted octanol–water partition coefficient (Wildman–Crippen LogP) is 4.51. The summed E-state index contributed by atoms with van der Waals surface area (Å²) >= 11 is 0. The van der Waals surface area contributed by atoms with E-state index < -0.39 is 35.1 Å². The number of aromatic nitrogens is 2. The van der Waals surface area contributed by atoms with Gasteiger partial charge in [0.2, 0.25) is 5.95 Å². The summed E-state index contributed by atoms with van der Waals surface area (Å²) in [5.74, 6) is -1.51. The number of rotatable bonds is 7. The molecule has 1 atom stereocenters. The topological polar surface area (TPSA) is 90.4 Å². The molecule has 2 aromatic carbocycles. The number of halogens is 3. The highest BCUT2D eigenvalue weighted by atomic mass is 19.1. The van der Waals surface area contributed by atoms with E-state index in [0.717, 1.165) is 23.1 Å². The van der Waals surface area contributed by atoms with Gasteiger partial charge in [0.1, 0.15) is 23.3 Å². The average molecular weight is 459 g/mol. The Morgan fingerprint density at radius 3 is 2.42 bits per heavy atom. The number of urea groups is 1. The van der Waals surface area contributed by atoms with Gasteiger partial charge in [-0.15, -0.1) is 0 Å². The zero-order chi connectivity index (χ0) is 24.2. The Balaban J connectivity index is 1.90. The second-order valence-corrected chi connectivity index (χ2v) is 7.96. The molecule has 10 heteroatoms. The van der Waals surface area contributed by atoms with Crippen LogP contribution in [0.4, 0.5) is 35.4 Å². The van der Waals surface area contributed by atoms with Gasteiger partial charge in [-0.2, -0.15) is 4.98 Å². The first-order valence-electron chi connectivity index (χ1n) is 10.1. The maximum atomic E-state index is 14.0. The lowest BCUT2D eigenvalue weighted by atomic mass is 10.0. The minimum atomic E-state index is -1.07. The van der Waals surface area contributed by atoms with Crippen LogP contribution < -0.4 is 15.5 Å². The van der Waals surface area contributed by atoms with Crippen LogP contribution in [0.1, 0.15) is 26.3 Å². The summed E-state index contributed by atoms with van der Waals surface area (Å²) < 4.78 is 40.9. The summed E-state index contributed by atoms with van der Waals surface area (Å²) in [6.07, 6.45) is 1.41. The summed E-state index contributed by atoms with van der Waals surface area (Å²) in [7, 11) is 0. The standard InChI is InChI=1S/C23H24F3N5O2/c1-14(23(2,3)33)29-21-27-11-10-20(30-21)31(18-7-4-16(24)5-8-18)22(32)28-13-15-12-17(25)6-9-19(15)26/h4-12,14,33H,13H2,1-3H3,(H,28,32)(H,27,29,30). The fourth-order valence-corrected chi connectivity index (χ4v) is 2.79. The zero-order valence-electron chi connectivity index (χ0n) is 18.3. The van der Waals surface area contributed by atoms with Crippen LogP contribution in [0.15, 0.2) is 54.7 Å². The van der Waals surface area contributed by atoms with Crippen molar-refractivity contribution in [2.45, 2.75) is 39.0 Å². The lowest BCUT2D eigenvalue weighted by molar-refractivity contribution is 0.0646. The molecule has 3 aromatic rings. The molecule has 0 fully saturated rings. The van der Waals surface area contributed by atoms with Crippen molar-refractivity contribution in [1.82, 2.24) is 15.3 Å². The number of hydrogen-bond acceptors (Lipinski definition) is 5. The highest BCUT2D eigenvalue weighted by Crippen LogP contribution is 2.25. The highest BCUT2D eigenvalue weighted by Gasteiger charge is 2.24. The minimum absolute atomic E-state index is 0.0357. The van der Waals surface area contributed by atoms with Gasteiger partial charge in [0.05, 0.1) is 17.3 Å². The van der Waals surface area contributed by atoms with Gasteiger partial charge < -0.3 is 15.7 Å². The molecule has 1 aromatic heterocycles. The number of hydrogen-bond donors (Lipinski definition) is 3. The fourth-order valence-electron chi connectivity index (χ4n) is 2.79. The molecule has 2 amide bonds. The zero-order valence-corrected chi connectivity index (χ0v) is 18.3. The molecule has 7 nitrogen and oxygen atoms in total. The van der Waals surface area contributed by atoms with E-state index >= 15 is 0 Å². The molecule has 3 N–H and O–H groups in total. The molecule has 0 aliphatic heterocycles. The molecule has 0 radical (unpaired) electrons. The Hall–Kier alpha value is -3.66. The third-order valence-corrected chi connectivity index (χ3v) is 5.00. The first kappa shape index (κ1) is 24.0. The van der Waals surface area contributed by atoms with Crippen LogP contribution in [0.5, 0.6) is 0 Å². The number of nitrogens with one attached hydrogen (secondary N) is 2. The van der Waals surface area contributed by atoms with Crippen molar-refractivity contribution < 1.29 is 23.1 Å². The van der Waals surface area contributed by atoms with Crippen LogP contribution in [0, 0.1) is 17.5 Å². The van der Waals surface area contributed by atoms with Gasteiger partial charge >= 0.3 is 6.03 Å². The molecular formula is C23H24F3N5O2. The number of amides is 2. The van der Waals surface area contributed by atoms with E-state index in [1.807, 2.05) is 0 Å². The van der Waals surface area contributed by atoms with E-state index in [1.165, 1.54) is 36.5 Å². The van der Waals surface area contributed by atoms with E-state index in [1.54, 1.807) is 20.8 Å². The molecule has 0 spiro atoms. The first-order valence-corrected chi connectivity index (χ1v) is 10.1. The van der Waals surface area contributed by atoms with Crippen LogP contribution in [0.3, 0.4) is 0 Å². The van der Waals surface area contributed by atoms with Gasteiger partial charge in [0.25, 0.3) is 0 Å². The molecule has 3 rings (SSSR count). The summed E-state index contributed by atoms with van der Waals surface area (Å²) in [5.41, 5.74) is -0.817. The summed E-state index contributed by atoms with van der Waals surface area (Å²) in [4.78, 5) is 22.7. The average Bonchev–Trinajstić information content (AvgIpc) is 2.75. The van der Waals surface area contributed by atoms with Crippen LogP contribution in [0.2, 0.25) is 0 Å². The summed E-state index contributed by atoms with van der Waals surface area (Å²) in [6.45, 7) is 4.71. The fraction of sp³-hybridized carbons (Fsp3) is 0.261. The number of anilines is 3. The maximum Gasteiger partial charge on any atom is 0.327 e. The first-order chi connectivity index (χ1) is 15.5. The van der Waals surface area contributed by atoms with Crippen molar-refractivity contribution in [3.63, 3.8) is 0 Å². The molecule has 1 heterocycles. The summed E-state index contributed by atoms with van der Waals surface area (Å²) in [6, 6.07) is 8.41. The molecular weight excluding hydrogens is 435 g/mol. The van der Waals surface area contributed by atoms with Crippen LogP contribution >= 0.6 is 0 Å². The highest BCUT2D eigenvalue weighted by molar-refractivity contribution is 5.98. The van der Waals surface area contributed by atoms with Gasteiger partial charge in [-0.25, -0.2) is 27.8 Å². The number of aliphatic hydroxyl groups is 1. The quantitative estimate of drug-likeness (QED) is 0.484. The lowest BCUT2D eigenvalue weighted by Gasteiger charge is -2.27. The third kappa shape index (κ3) is 6.19. The van der Waals surface area contributed by atoms with Crippen molar-refractivity contribution >= 4 is 23.5 Å². The third-order valence-electron chi connectivity index (χ3n) is 5.00. The normalized spacial score (nSPS) is 12.2. The van der Waals surface area contributed by atoms with Gasteiger partial charge in [0, 0.05) is 24.4 Å². The molecule has 0 saturated heterocycles. The predicted molar refractivity (Wildman–Crippen MR) is 119 cm³/mol. The van der Waals surface area contributed by atoms with E-state index in [4.69, 9.17) is 0 Å². The van der Waals surface area contributed by atoms with E-state index in [0.29, 0.717) is 0 Å². The Morgan fingerprint density at radius 1 is 1.09 bits per heavy atom. The van der Waals surface area contributed by atoms with Crippen LogP contribution in [-0.4, -0.2) is 32.7 Å². The van der Waals surface area contributed by atoms with Crippen LogP contribution in [-0.2, 0) is 6.54 Å². The maximum absolute atomic E-state index is 14.0. The van der Waals surface area contributed by atoms with Crippen LogP contribution in [0.25, 0.3) is 0 Å². The van der Waals surface area contributed by atoms with E-state index in [9.17, 15) is 23.1 Å². The Kier molecular flexibility index (Phi) is 7.17. The van der Waals surface area contributed by atoms with Gasteiger partial charge in [-0.3, -0.25) is 0 Å². The second kappa shape index (κ2) is 9.86. The largest absolute Gasteiger partial charge is 0.388 e. The molecule has 1 unspecified atom stereocenters. The Labute approximate surface area is 189 Å². The lowest BCUT2D eigenvalue weighted by Crippen LogP contribution is -2.40. The van der Waals surface area contributed by atoms with E-state index in [2.05, 4.69) is 20.6 Å². The summed E-state index contributed by atoms with van der Waals surface area (Å²) in [5, 5.41) is 15.6. The molecule has 0 bridgehead atoms. The molecule has 0 saturated carbocycles. The molecule has 0 aliphatic carbocycles. The monoisotopic (exact) mass is 459 g/mol. The Bertz CT molecular complexity index is 1120. The second-order valence-electron chi connectivity index (χ2n) is 7.96. The van der Waals surface area contributed by atoms with Gasteiger partial charge in [0.15, 0.2) is 0 Å². The van der Waals surface area contributed by atoms with Gasteiger partial charge in [-0.1, -0.05) is 0 Å². The van der Waals surface area contributed by atoms with Crippen molar-refractivity contribution in [2.24, 2.45) is 0 Å². The number of carbonyl (C=O) groups excluding carboxylic acids is 1. The smallest absolute Gasteiger partial charge is 0.327 e. The van der Waals surface area contributed by atoms with Crippen molar-refractivity contribution in [2.75, 3.05) is 10.2 Å². The van der Waals surface area contributed by atoms with Crippen molar-refractivity contribution in [1.29, 1.82) is 0 Å². The number of benzene rings is 2. The van der Waals surface area contributed by atoms with Crippen molar-refractivity contribution in [3.05, 3.63) is 77.7 Å². The SMILES string of the molecule is CC(Nc1nccc(N(C(=O)NCc2cc(F)ccc2F)c2ccc(F)cc2)n1)C(C)(C)O. The number of carbonyl (C=O) groups is 1. The molecule has 33 heavy (non-hydrogen) atoms. The number of nitrogens with zero attached hydrogens (tertiary/aromatic N) is 3. The molecule has 174 valence electrons. The Morgan fingerprint density at radius 2 is 1.76 bits per heavy atom. The van der Waals surface area contributed by atoms with Gasteiger partial charge in [-0.05, 0) is 63.2 Å². The molecule has 0 aliphatic rings. The van der Waals surface area contributed by atoms with Crippen molar-refractivity contribution in [3.8, 4) is 0 Å².